The van der Waals surface area contributed by atoms with E-state index in [2.05, 4.69) is 42.9 Å². The van der Waals surface area contributed by atoms with E-state index in [-0.39, 0.29) is 12.7 Å². The molecule has 1 spiro atoms. The van der Waals surface area contributed by atoms with E-state index in [0.29, 0.717) is 5.76 Å². The molecule has 0 radical (unpaired) electrons. The van der Waals surface area contributed by atoms with Gasteiger partial charge in [0.2, 0.25) is 0 Å². The molecule has 1 aromatic rings. The van der Waals surface area contributed by atoms with Gasteiger partial charge >= 0.3 is 6.16 Å². The van der Waals surface area contributed by atoms with Crippen LogP contribution in [0, 0.1) is 13.8 Å². The molecule has 1 fully saturated rings. The molecular formula is C20H28N2O4. The zero-order valence-electron chi connectivity index (χ0n) is 16.0. The average molecular weight is 360 g/mol. The molecule has 3 rings (SSSR count). The Kier molecular flexibility index (Phi) is 5.53. The lowest BCUT2D eigenvalue weighted by atomic mass is 9.79. The molecule has 2 aliphatic rings. The number of hydrazine groups is 1. The first kappa shape index (κ1) is 18.7. The topological polar surface area (TPSA) is 68.8 Å². The van der Waals surface area contributed by atoms with E-state index in [1.165, 1.54) is 0 Å². The van der Waals surface area contributed by atoms with Gasteiger partial charge in [-0.25, -0.2) is 10.2 Å². The lowest BCUT2D eigenvalue weighted by molar-refractivity contribution is 0.0303. The number of hydrogen-bond acceptors (Lipinski definition) is 6. The van der Waals surface area contributed by atoms with Gasteiger partial charge in [-0.15, -0.1) is 0 Å². The lowest BCUT2D eigenvalue weighted by Gasteiger charge is -2.37. The van der Waals surface area contributed by atoms with Crippen LogP contribution >= 0.6 is 0 Å². The molecule has 0 atom stereocenters. The zero-order valence-corrected chi connectivity index (χ0v) is 16.0. The summed E-state index contributed by atoms with van der Waals surface area (Å²) in [6.45, 7) is 6.16. The van der Waals surface area contributed by atoms with Gasteiger partial charge in [-0.1, -0.05) is 17.7 Å². The third-order valence-electron chi connectivity index (χ3n) is 5.32. The zero-order chi connectivity index (χ0) is 18.7. The van der Waals surface area contributed by atoms with Crippen molar-refractivity contribution in [2.24, 2.45) is 0 Å². The van der Waals surface area contributed by atoms with E-state index in [0.717, 1.165) is 48.1 Å². The van der Waals surface area contributed by atoms with Crippen LogP contribution in [0.2, 0.25) is 0 Å². The summed E-state index contributed by atoms with van der Waals surface area (Å²) in [6, 6.07) is 6.26. The van der Waals surface area contributed by atoms with Gasteiger partial charge in [0.1, 0.15) is 0 Å². The number of hydrogen-bond donors (Lipinski definition) is 2. The fraction of sp³-hybridized carbons (Fsp3) is 0.550. The second-order valence-corrected chi connectivity index (χ2v) is 7.07. The summed E-state index contributed by atoms with van der Waals surface area (Å²) in [7, 11) is 1.75. The summed E-state index contributed by atoms with van der Waals surface area (Å²) in [5.41, 5.74) is 10.4. The number of ether oxygens (including phenoxy) is 3. The number of nitrogens with one attached hydrogen (secondary N) is 2. The SMILES string of the molecule is CCOC(=O)OC1=C(c2cc(C)ccc2C)NNC12CCC(OC)CC2. The number of carbonyl (C=O) groups is 1. The van der Waals surface area contributed by atoms with E-state index in [4.69, 9.17) is 14.2 Å². The monoisotopic (exact) mass is 360 g/mol. The molecule has 0 aromatic heterocycles. The van der Waals surface area contributed by atoms with Gasteiger partial charge < -0.3 is 19.6 Å². The van der Waals surface area contributed by atoms with Crippen molar-refractivity contribution in [2.75, 3.05) is 13.7 Å². The molecule has 0 bridgehead atoms. The minimum absolute atomic E-state index is 0.246. The van der Waals surface area contributed by atoms with Crippen LogP contribution < -0.4 is 10.9 Å². The van der Waals surface area contributed by atoms with Gasteiger partial charge in [0.15, 0.2) is 5.76 Å². The standard InChI is InChI=1S/C20H28N2O4/c1-5-25-19(23)26-18-17(16-12-13(2)6-7-14(16)3)21-22-20(18)10-8-15(24-4)9-11-20/h6-7,12,15,21-22H,5,8-11H2,1-4H3. The van der Waals surface area contributed by atoms with Crippen LogP contribution in [0.15, 0.2) is 24.0 Å². The van der Waals surface area contributed by atoms with Crippen molar-refractivity contribution in [3.63, 3.8) is 0 Å². The van der Waals surface area contributed by atoms with Gasteiger partial charge in [-0.2, -0.15) is 0 Å². The van der Waals surface area contributed by atoms with Crippen LogP contribution in [0.1, 0.15) is 49.3 Å². The molecule has 0 amide bonds. The van der Waals surface area contributed by atoms with Crippen molar-refractivity contribution in [3.8, 4) is 0 Å². The number of rotatable bonds is 4. The highest BCUT2D eigenvalue weighted by Crippen LogP contribution is 2.42. The first-order valence-corrected chi connectivity index (χ1v) is 9.22. The molecule has 26 heavy (non-hydrogen) atoms. The Morgan fingerprint density at radius 1 is 1.27 bits per heavy atom. The number of carbonyl (C=O) groups excluding carboxylic acids is 1. The van der Waals surface area contributed by atoms with Crippen molar-refractivity contribution >= 4 is 11.9 Å². The van der Waals surface area contributed by atoms with Gasteiger partial charge in [0.05, 0.1) is 23.9 Å². The maximum atomic E-state index is 12.1. The van der Waals surface area contributed by atoms with Crippen molar-refractivity contribution in [2.45, 2.75) is 58.1 Å². The molecule has 1 aliphatic heterocycles. The second-order valence-electron chi connectivity index (χ2n) is 7.07. The highest BCUT2D eigenvalue weighted by molar-refractivity contribution is 5.75. The van der Waals surface area contributed by atoms with Gasteiger partial charge in [0.25, 0.3) is 0 Å². The van der Waals surface area contributed by atoms with Crippen molar-refractivity contribution in [1.82, 2.24) is 10.9 Å². The number of benzene rings is 1. The lowest BCUT2D eigenvalue weighted by Crippen LogP contribution is -2.50. The maximum absolute atomic E-state index is 12.1. The molecule has 0 unspecified atom stereocenters. The first-order valence-electron chi connectivity index (χ1n) is 9.22. The second kappa shape index (κ2) is 7.68. The minimum Gasteiger partial charge on any atom is -0.434 e. The Morgan fingerprint density at radius 3 is 2.65 bits per heavy atom. The Balaban J connectivity index is 2.00. The van der Waals surface area contributed by atoms with Gasteiger partial charge in [-0.3, -0.25) is 0 Å². The summed E-state index contributed by atoms with van der Waals surface area (Å²) >= 11 is 0. The minimum atomic E-state index is -0.663. The molecule has 1 heterocycles. The van der Waals surface area contributed by atoms with Crippen LogP contribution in [0.3, 0.4) is 0 Å². The molecule has 1 aromatic carbocycles. The van der Waals surface area contributed by atoms with Crippen LogP contribution in [-0.2, 0) is 14.2 Å². The maximum Gasteiger partial charge on any atom is 0.513 e. The molecule has 6 nitrogen and oxygen atoms in total. The van der Waals surface area contributed by atoms with Crippen molar-refractivity contribution in [1.29, 1.82) is 0 Å². The fourth-order valence-corrected chi connectivity index (χ4v) is 3.78. The normalized spacial score (nSPS) is 25.3. The van der Waals surface area contributed by atoms with E-state index < -0.39 is 11.7 Å². The Hall–Kier alpha value is -2.05. The first-order chi connectivity index (χ1) is 12.5. The van der Waals surface area contributed by atoms with Crippen LogP contribution in [0.5, 0.6) is 0 Å². The number of methoxy groups -OCH3 is 1. The highest BCUT2D eigenvalue weighted by atomic mass is 16.7. The van der Waals surface area contributed by atoms with Crippen LogP contribution in [-0.4, -0.2) is 31.5 Å². The van der Waals surface area contributed by atoms with Crippen LogP contribution in [0.4, 0.5) is 4.79 Å². The summed E-state index contributed by atoms with van der Waals surface area (Å²) in [6.07, 6.45) is 3.03. The number of aryl methyl sites for hydroxylation is 2. The molecule has 1 aliphatic carbocycles. The van der Waals surface area contributed by atoms with Crippen molar-refractivity contribution < 1.29 is 19.0 Å². The molecule has 0 saturated heterocycles. The summed E-state index contributed by atoms with van der Waals surface area (Å²) in [5.74, 6) is 0.624. The Morgan fingerprint density at radius 2 is 2.00 bits per heavy atom. The quantitative estimate of drug-likeness (QED) is 0.800. The predicted molar refractivity (Wildman–Crippen MR) is 99.2 cm³/mol. The Bertz CT molecular complexity index is 706. The molecule has 6 heteroatoms. The van der Waals surface area contributed by atoms with Gasteiger partial charge in [-0.05, 0) is 58.1 Å². The molecule has 1 saturated carbocycles. The molecule has 142 valence electrons. The predicted octanol–water partition coefficient (Wildman–Crippen LogP) is 3.58. The van der Waals surface area contributed by atoms with Crippen LogP contribution in [0.25, 0.3) is 5.70 Å². The van der Waals surface area contributed by atoms with Gasteiger partial charge in [0, 0.05) is 12.7 Å². The largest absolute Gasteiger partial charge is 0.513 e. The summed E-state index contributed by atoms with van der Waals surface area (Å²) < 4.78 is 16.3. The van der Waals surface area contributed by atoms with E-state index in [1.54, 1.807) is 14.0 Å². The summed E-state index contributed by atoms with van der Waals surface area (Å²) in [4.78, 5) is 12.1. The highest BCUT2D eigenvalue weighted by Gasteiger charge is 2.47. The molecule has 2 N–H and O–H groups in total. The molecular weight excluding hydrogens is 332 g/mol. The average Bonchev–Trinajstić information content (AvgIpc) is 2.96. The summed E-state index contributed by atoms with van der Waals surface area (Å²) in [5, 5.41) is 0. The van der Waals surface area contributed by atoms with E-state index >= 15 is 0 Å². The smallest absolute Gasteiger partial charge is 0.434 e. The third-order valence-corrected chi connectivity index (χ3v) is 5.32. The van der Waals surface area contributed by atoms with E-state index in [9.17, 15) is 4.79 Å². The van der Waals surface area contributed by atoms with Crippen molar-refractivity contribution in [3.05, 3.63) is 40.6 Å². The third kappa shape index (κ3) is 3.57. The fourth-order valence-electron chi connectivity index (χ4n) is 3.78. The Labute approximate surface area is 154 Å². The van der Waals surface area contributed by atoms with E-state index in [1.807, 2.05) is 0 Å².